The number of carboxylic acid groups (broad SMARTS) is 1. The highest BCUT2D eigenvalue weighted by molar-refractivity contribution is 7.00. The lowest BCUT2D eigenvalue weighted by Gasteiger charge is -2.15. The maximum atomic E-state index is 12.6. The minimum atomic E-state index is -0.946. The second-order valence-electron chi connectivity index (χ2n) is 5.52. The van der Waals surface area contributed by atoms with Crippen LogP contribution in [0.1, 0.15) is 17.3 Å². The summed E-state index contributed by atoms with van der Waals surface area (Å²) in [6.45, 7) is 2.16. The van der Waals surface area contributed by atoms with Gasteiger partial charge >= 0.3 is 5.97 Å². The van der Waals surface area contributed by atoms with Gasteiger partial charge in [-0.25, -0.2) is 0 Å². The Kier molecular flexibility index (Phi) is 3.68. The van der Waals surface area contributed by atoms with E-state index in [1.165, 1.54) is 17.0 Å². The van der Waals surface area contributed by atoms with Gasteiger partial charge in [0.05, 0.1) is 22.6 Å². The fourth-order valence-electron chi connectivity index (χ4n) is 2.77. The third-order valence-electron chi connectivity index (χ3n) is 4.00. The summed E-state index contributed by atoms with van der Waals surface area (Å²) in [6.07, 6.45) is 0. The highest BCUT2D eigenvalue weighted by atomic mass is 32.1. The van der Waals surface area contributed by atoms with Gasteiger partial charge in [-0.05, 0) is 12.0 Å². The third kappa shape index (κ3) is 2.61. The molecule has 0 saturated carbocycles. The highest BCUT2D eigenvalue weighted by Gasteiger charge is 2.37. The van der Waals surface area contributed by atoms with Crippen molar-refractivity contribution in [2.45, 2.75) is 6.92 Å². The van der Waals surface area contributed by atoms with E-state index in [0.29, 0.717) is 6.54 Å². The number of likely N-dealkylation sites (tertiary alicyclic amines) is 1. The van der Waals surface area contributed by atoms with Crippen LogP contribution >= 0.6 is 11.7 Å². The van der Waals surface area contributed by atoms with E-state index in [2.05, 4.69) is 8.75 Å². The lowest BCUT2D eigenvalue weighted by Crippen LogP contribution is -2.30. The van der Waals surface area contributed by atoms with Crippen LogP contribution < -0.4 is 0 Å². The van der Waals surface area contributed by atoms with Gasteiger partial charge in [0.2, 0.25) is 0 Å². The second kappa shape index (κ2) is 5.54. The molecule has 0 aliphatic carbocycles. The Labute approximate surface area is 134 Å². The molecule has 0 unspecified atom stereocenters. The van der Waals surface area contributed by atoms with Crippen LogP contribution in [-0.4, -0.2) is 48.6 Å². The van der Waals surface area contributed by atoms with Crippen LogP contribution in [0.25, 0.3) is 11.0 Å². The number of hydrogen-bond donors (Lipinski definition) is 1. The van der Waals surface area contributed by atoms with Crippen molar-refractivity contribution < 1.29 is 19.6 Å². The Morgan fingerprint density at radius 2 is 2.13 bits per heavy atom. The first-order valence-corrected chi connectivity index (χ1v) is 7.54. The molecule has 0 radical (unpaired) electrons. The van der Waals surface area contributed by atoms with E-state index in [9.17, 15) is 19.7 Å². The quantitative estimate of drug-likeness (QED) is 0.663. The van der Waals surface area contributed by atoms with E-state index in [-0.39, 0.29) is 34.7 Å². The average Bonchev–Trinajstić information content (AvgIpc) is 3.11. The summed E-state index contributed by atoms with van der Waals surface area (Å²) in [5, 5.41) is 20.3. The average molecular weight is 336 g/mol. The standard InChI is InChI=1S/C13H12N4O5S/c1-6-4-16(5-8(6)13(19)20)12(18)7-2-9-11(15-23-14-9)10(3-7)17(21)22/h2-3,6,8H,4-5H2,1H3,(H,19,20)/t6-,8-/m1/s1. The molecule has 9 nitrogen and oxygen atoms in total. The van der Waals surface area contributed by atoms with Crippen LogP contribution in [0.3, 0.4) is 0 Å². The van der Waals surface area contributed by atoms with Gasteiger partial charge in [0.1, 0.15) is 5.52 Å². The van der Waals surface area contributed by atoms with Crippen molar-refractivity contribution in [3.63, 3.8) is 0 Å². The second-order valence-corrected chi connectivity index (χ2v) is 6.05. The Hall–Kier alpha value is -2.62. The zero-order valence-electron chi connectivity index (χ0n) is 12.0. The smallest absolute Gasteiger partial charge is 0.308 e. The van der Waals surface area contributed by atoms with E-state index in [1.807, 2.05) is 0 Å². The molecule has 1 aromatic heterocycles. The number of benzene rings is 1. The summed E-state index contributed by atoms with van der Waals surface area (Å²) in [6, 6.07) is 2.62. The molecule has 0 spiro atoms. The summed E-state index contributed by atoms with van der Waals surface area (Å²) in [5.41, 5.74) is 0.279. The molecule has 1 aliphatic heterocycles. The number of aromatic nitrogens is 2. The lowest BCUT2D eigenvalue weighted by atomic mass is 9.99. The van der Waals surface area contributed by atoms with Gasteiger partial charge in [0.15, 0.2) is 5.52 Å². The monoisotopic (exact) mass is 336 g/mol. The molecule has 1 saturated heterocycles. The van der Waals surface area contributed by atoms with E-state index in [1.54, 1.807) is 6.92 Å². The number of amides is 1. The molecule has 1 aromatic carbocycles. The number of nitro groups is 1. The van der Waals surface area contributed by atoms with Gasteiger partial charge in [-0.15, -0.1) is 0 Å². The van der Waals surface area contributed by atoms with E-state index in [4.69, 9.17) is 5.11 Å². The van der Waals surface area contributed by atoms with Crippen molar-refractivity contribution in [1.29, 1.82) is 0 Å². The molecule has 10 heteroatoms. The van der Waals surface area contributed by atoms with Gasteiger partial charge < -0.3 is 10.0 Å². The molecular formula is C13H12N4O5S. The lowest BCUT2D eigenvalue weighted by molar-refractivity contribution is -0.383. The molecule has 1 amide bonds. The number of rotatable bonds is 3. The summed E-state index contributed by atoms with van der Waals surface area (Å²) in [7, 11) is 0. The van der Waals surface area contributed by atoms with Crippen molar-refractivity contribution in [2.75, 3.05) is 13.1 Å². The van der Waals surface area contributed by atoms with Crippen molar-refractivity contribution in [3.8, 4) is 0 Å². The van der Waals surface area contributed by atoms with Gasteiger partial charge in [-0.1, -0.05) is 6.92 Å². The topological polar surface area (TPSA) is 127 Å². The predicted molar refractivity (Wildman–Crippen MR) is 80.3 cm³/mol. The number of hydrogen-bond acceptors (Lipinski definition) is 7. The molecule has 0 bridgehead atoms. The van der Waals surface area contributed by atoms with E-state index >= 15 is 0 Å². The van der Waals surface area contributed by atoms with Gasteiger partial charge in [0, 0.05) is 24.7 Å². The molecule has 120 valence electrons. The minimum Gasteiger partial charge on any atom is -0.481 e. The number of carboxylic acids is 1. The van der Waals surface area contributed by atoms with Crippen molar-refractivity contribution in [3.05, 3.63) is 27.8 Å². The van der Waals surface area contributed by atoms with E-state index in [0.717, 1.165) is 11.7 Å². The predicted octanol–water partition coefficient (Wildman–Crippen LogP) is 1.39. The van der Waals surface area contributed by atoms with Crippen LogP contribution in [0.5, 0.6) is 0 Å². The van der Waals surface area contributed by atoms with Crippen LogP contribution in [0.15, 0.2) is 12.1 Å². The zero-order chi connectivity index (χ0) is 16.7. The fraction of sp³-hybridized carbons (Fsp3) is 0.385. The first-order chi connectivity index (χ1) is 10.9. The third-order valence-corrected chi connectivity index (χ3v) is 4.54. The van der Waals surface area contributed by atoms with Gasteiger partial charge in [0.25, 0.3) is 11.6 Å². The number of carbonyl (C=O) groups excluding carboxylic acids is 1. The van der Waals surface area contributed by atoms with Crippen LogP contribution in [0.4, 0.5) is 5.69 Å². The first kappa shape index (κ1) is 15.3. The molecule has 2 heterocycles. The summed E-state index contributed by atoms with van der Waals surface area (Å²) in [4.78, 5) is 35.7. The maximum Gasteiger partial charge on any atom is 0.308 e. The van der Waals surface area contributed by atoms with E-state index < -0.39 is 22.7 Å². The number of carbonyl (C=O) groups is 2. The van der Waals surface area contributed by atoms with Crippen LogP contribution in [-0.2, 0) is 4.79 Å². The molecule has 2 aromatic rings. The Balaban J connectivity index is 1.96. The summed E-state index contributed by atoms with van der Waals surface area (Å²) in [5.74, 6) is -2.17. The fourth-order valence-corrected chi connectivity index (χ4v) is 3.31. The summed E-state index contributed by atoms with van der Waals surface area (Å²) < 4.78 is 7.82. The SMILES string of the molecule is C[C@@H]1CN(C(=O)c2cc([N+](=O)[O-])c3nsnc3c2)C[C@H]1C(=O)O. The normalized spacial score (nSPS) is 20.8. The molecule has 2 atom stereocenters. The zero-order valence-corrected chi connectivity index (χ0v) is 12.8. The first-order valence-electron chi connectivity index (χ1n) is 6.81. The Morgan fingerprint density at radius 1 is 1.39 bits per heavy atom. The number of aliphatic carboxylic acids is 1. The minimum absolute atomic E-state index is 0.0937. The number of fused-ring (bicyclic) bond motifs is 1. The number of nitro benzene ring substituents is 1. The largest absolute Gasteiger partial charge is 0.481 e. The van der Waals surface area contributed by atoms with Gasteiger partial charge in [-0.2, -0.15) is 8.75 Å². The maximum absolute atomic E-state index is 12.6. The van der Waals surface area contributed by atoms with Crippen molar-refractivity contribution in [2.24, 2.45) is 11.8 Å². The Morgan fingerprint density at radius 3 is 2.74 bits per heavy atom. The van der Waals surface area contributed by atoms with Gasteiger partial charge in [-0.3, -0.25) is 19.7 Å². The molecule has 1 N–H and O–H groups in total. The molecular weight excluding hydrogens is 324 g/mol. The molecule has 23 heavy (non-hydrogen) atoms. The molecule has 1 fully saturated rings. The highest BCUT2D eigenvalue weighted by Crippen LogP contribution is 2.29. The number of non-ortho nitro benzene ring substituents is 1. The molecule has 3 rings (SSSR count). The molecule has 1 aliphatic rings. The van der Waals surface area contributed by atoms with Crippen molar-refractivity contribution >= 4 is 40.3 Å². The van der Waals surface area contributed by atoms with Crippen LogP contribution in [0, 0.1) is 22.0 Å². The Bertz CT molecular complexity index is 820. The number of nitrogens with zero attached hydrogens (tertiary/aromatic N) is 4. The van der Waals surface area contributed by atoms with Crippen LogP contribution in [0.2, 0.25) is 0 Å². The summed E-state index contributed by atoms with van der Waals surface area (Å²) >= 11 is 0.835. The van der Waals surface area contributed by atoms with Crippen molar-refractivity contribution in [1.82, 2.24) is 13.6 Å².